The zero-order valence-electron chi connectivity index (χ0n) is 17.3. The van der Waals surface area contributed by atoms with E-state index in [1.54, 1.807) is 13.1 Å². The molecule has 2 aromatic rings. The molecule has 0 aliphatic heterocycles. The van der Waals surface area contributed by atoms with Crippen LogP contribution >= 0.6 is 0 Å². The summed E-state index contributed by atoms with van der Waals surface area (Å²) in [5.41, 5.74) is 1.96. The van der Waals surface area contributed by atoms with Crippen LogP contribution in [0.1, 0.15) is 50.4 Å². The van der Waals surface area contributed by atoms with Crippen LogP contribution in [0.25, 0.3) is 11.1 Å². The Labute approximate surface area is 165 Å². The molecule has 156 valence electrons. The van der Waals surface area contributed by atoms with E-state index in [0.717, 1.165) is 31.1 Å². The second kappa shape index (κ2) is 9.45. The van der Waals surface area contributed by atoms with E-state index < -0.39 is 11.7 Å². The normalized spacial score (nSPS) is 12.2. The third-order valence-electron chi connectivity index (χ3n) is 4.59. The van der Waals surface area contributed by atoms with Crippen LogP contribution in [0.15, 0.2) is 18.3 Å². The van der Waals surface area contributed by atoms with Crippen LogP contribution in [0.4, 0.5) is 13.2 Å². The summed E-state index contributed by atoms with van der Waals surface area (Å²) in [7, 11) is 2.00. The SMILES string of the molecule is CCCCN(C)Cc1[nH]ncc1-c1cc(C(F)(F)F)cc(OCC(C)C)c1C. The number of nitrogens with zero attached hydrogens (tertiary/aromatic N) is 2. The van der Waals surface area contributed by atoms with Crippen molar-refractivity contribution in [2.24, 2.45) is 5.92 Å². The van der Waals surface area contributed by atoms with Crippen LogP contribution in [0.2, 0.25) is 0 Å². The molecule has 0 spiro atoms. The number of H-pyrrole nitrogens is 1. The predicted octanol–water partition coefficient (Wildman–Crippen LogP) is 5.67. The molecule has 28 heavy (non-hydrogen) atoms. The molecule has 0 radical (unpaired) electrons. The van der Waals surface area contributed by atoms with Crippen molar-refractivity contribution in [2.45, 2.75) is 53.3 Å². The average Bonchev–Trinajstić information content (AvgIpc) is 3.05. The summed E-state index contributed by atoms with van der Waals surface area (Å²) in [4.78, 5) is 2.14. The minimum atomic E-state index is -4.44. The van der Waals surface area contributed by atoms with Crippen LogP contribution in [-0.4, -0.2) is 35.3 Å². The lowest BCUT2D eigenvalue weighted by atomic mass is 9.97. The van der Waals surface area contributed by atoms with Crippen LogP contribution in [0.5, 0.6) is 5.75 Å². The highest BCUT2D eigenvalue weighted by Gasteiger charge is 2.33. The van der Waals surface area contributed by atoms with Gasteiger partial charge in [-0.2, -0.15) is 18.3 Å². The summed E-state index contributed by atoms with van der Waals surface area (Å²) in [6, 6.07) is 2.28. The van der Waals surface area contributed by atoms with Gasteiger partial charge < -0.3 is 9.64 Å². The van der Waals surface area contributed by atoms with E-state index in [0.29, 0.717) is 29.8 Å². The first-order valence-electron chi connectivity index (χ1n) is 9.69. The molecule has 1 N–H and O–H groups in total. The second-order valence-electron chi connectivity index (χ2n) is 7.70. The number of ether oxygens (including phenoxy) is 1. The number of hydrogen-bond acceptors (Lipinski definition) is 3. The molecule has 0 bridgehead atoms. The molecule has 0 fully saturated rings. The fourth-order valence-corrected chi connectivity index (χ4v) is 2.98. The minimum Gasteiger partial charge on any atom is -0.493 e. The average molecular weight is 397 g/mol. The zero-order chi connectivity index (χ0) is 20.9. The van der Waals surface area contributed by atoms with Crippen LogP contribution < -0.4 is 4.74 Å². The number of rotatable bonds is 9. The van der Waals surface area contributed by atoms with Crippen molar-refractivity contribution in [1.29, 1.82) is 0 Å². The molecule has 0 unspecified atom stereocenters. The number of benzene rings is 1. The molecule has 1 heterocycles. The number of nitrogens with one attached hydrogen (secondary N) is 1. The molecule has 0 aliphatic rings. The van der Waals surface area contributed by atoms with Gasteiger partial charge in [-0.3, -0.25) is 5.10 Å². The Balaban J connectivity index is 2.44. The molecular weight excluding hydrogens is 367 g/mol. The van der Waals surface area contributed by atoms with Crippen molar-refractivity contribution >= 4 is 0 Å². The second-order valence-corrected chi connectivity index (χ2v) is 7.70. The number of aromatic nitrogens is 2. The number of hydrogen-bond donors (Lipinski definition) is 1. The molecule has 1 aromatic carbocycles. The fourth-order valence-electron chi connectivity index (χ4n) is 2.98. The first-order valence-corrected chi connectivity index (χ1v) is 9.69. The largest absolute Gasteiger partial charge is 0.493 e. The highest BCUT2D eigenvalue weighted by Crippen LogP contribution is 2.39. The number of aromatic amines is 1. The lowest BCUT2D eigenvalue weighted by molar-refractivity contribution is -0.137. The third-order valence-corrected chi connectivity index (χ3v) is 4.59. The van der Waals surface area contributed by atoms with E-state index in [4.69, 9.17) is 4.74 Å². The lowest BCUT2D eigenvalue weighted by Crippen LogP contribution is -2.19. The van der Waals surface area contributed by atoms with Crippen LogP contribution in [0, 0.1) is 12.8 Å². The van der Waals surface area contributed by atoms with Crippen LogP contribution in [-0.2, 0) is 12.7 Å². The van der Waals surface area contributed by atoms with Gasteiger partial charge in [0, 0.05) is 12.1 Å². The first-order chi connectivity index (χ1) is 13.1. The molecule has 4 nitrogen and oxygen atoms in total. The highest BCUT2D eigenvalue weighted by atomic mass is 19.4. The molecule has 0 saturated heterocycles. The standard InChI is InChI=1S/C21H30F3N3O/c1-6-7-8-27(5)12-19-18(11-25-26-19)17-9-16(21(22,23)24)10-20(15(17)4)28-13-14(2)3/h9-11,14H,6-8,12-13H2,1-5H3,(H,25,26). The molecule has 0 aliphatic carbocycles. The van der Waals surface area contributed by atoms with Crippen molar-refractivity contribution in [1.82, 2.24) is 15.1 Å². The van der Waals surface area contributed by atoms with Crippen LogP contribution in [0.3, 0.4) is 0 Å². The quantitative estimate of drug-likeness (QED) is 0.593. The van der Waals surface area contributed by atoms with Gasteiger partial charge in [-0.1, -0.05) is 27.2 Å². The van der Waals surface area contributed by atoms with Gasteiger partial charge in [-0.25, -0.2) is 0 Å². The van der Waals surface area contributed by atoms with E-state index in [9.17, 15) is 13.2 Å². The van der Waals surface area contributed by atoms with Gasteiger partial charge in [-0.05, 0) is 56.1 Å². The number of alkyl halides is 3. The maximum atomic E-state index is 13.5. The summed E-state index contributed by atoms with van der Waals surface area (Å²) in [6.45, 7) is 9.71. The smallest absolute Gasteiger partial charge is 0.416 e. The summed E-state index contributed by atoms with van der Waals surface area (Å²) >= 11 is 0. The van der Waals surface area contributed by atoms with Gasteiger partial charge in [0.15, 0.2) is 0 Å². The van der Waals surface area contributed by atoms with Crippen molar-refractivity contribution in [3.63, 3.8) is 0 Å². The van der Waals surface area contributed by atoms with E-state index >= 15 is 0 Å². The zero-order valence-corrected chi connectivity index (χ0v) is 17.3. The molecule has 2 rings (SSSR count). The monoisotopic (exact) mass is 397 g/mol. The number of unbranched alkanes of at least 4 members (excludes halogenated alkanes) is 1. The molecular formula is C21H30F3N3O. The Hall–Kier alpha value is -2.02. The van der Waals surface area contributed by atoms with E-state index in [2.05, 4.69) is 22.0 Å². The van der Waals surface area contributed by atoms with Gasteiger partial charge >= 0.3 is 6.18 Å². The van der Waals surface area contributed by atoms with E-state index in [1.165, 1.54) is 6.07 Å². The predicted molar refractivity (Wildman–Crippen MR) is 105 cm³/mol. The summed E-state index contributed by atoms with van der Waals surface area (Å²) in [6.07, 6.45) is -0.697. The maximum Gasteiger partial charge on any atom is 0.416 e. The van der Waals surface area contributed by atoms with Crippen molar-refractivity contribution in [3.8, 4) is 16.9 Å². The van der Waals surface area contributed by atoms with Crippen molar-refractivity contribution in [3.05, 3.63) is 35.2 Å². The van der Waals surface area contributed by atoms with Gasteiger partial charge in [0.2, 0.25) is 0 Å². The first kappa shape index (κ1) is 22.3. The molecule has 0 amide bonds. The molecule has 1 aromatic heterocycles. The van der Waals surface area contributed by atoms with Gasteiger partial charge in [0.1, 0.15) is 5.75 Å². The van der Waals surface area contributed by atoms with Crippen molar-refractivity contribution in [2.75, 3.05) is 20.2 Å². The Morgan fingerprint density at radius 2 is 1.93 bits per heavy atom. The third kappa shape index (κ3) is 5.74. The molecule has 7 heteroatoms. The molecule has 0 saturated carbocycles. The van der Waals surface area contributed by atoms with Gasteiger partial charge in [0.05, 0.1) is 24.1 Å². The minimum absolute atomic E-state index is 0.217. The van der Waals surface area contributed by atoms with Gasteiger partial charge in [-0.15, -0.1) is 0 Å². The fraction of sp³-hybridized carbons (Fsp3) is 0.571. The van der Waals surface area contributed by atoms with Crippen molar-refractivity contribution < 1.29 is 17.9 Å². The van der Waals surface area contributed by atoms with E-state index in [-0.39, 0.29) is 11.7 Å². The summed E-state index contributed by atoms with van der Waals surface area (Å²) in [5.74, 6) is 0.485. The Kier molecular flexibility index (Phi) is 7.52. The number of halogens is 3. The van der Waals surface area contributed by atoms with Gasteiger partial charge in [0.25, 0.3) is 0 Å². The maximum absolute atomic E-state index is 13.5. The lowest BCUT2D eigenvalue weighted by Gasteiger charge is -2.19. The molecule has 0 atom stereocenters. The Bertz CT molecular complexity index is 769. The van der Waals surface area contributed by atoms with E-state index in [1.807, 2.05) is 20.9 Å². The topological polar surface area (TPSA) is 41.2 Å². The summed E-state index contributed by atoms with van der Waals surface area (Å²) in [5, 5.41) is 7.05. The Morgan fingerprint density at radius 1 is 1.21 bits per heavy atom. The summed E-state index contributed by atoms with van der Waals surface area (Å²) < 4.78 is 46.2. The highest BCUT2D eigenvalue weighted by molar-refractivity contribution is 5.72. The Morgan fingerprint density at radius 3 is 2.54 bits per heavy atom.